The summed E-state index contributed by atoms with van der Waals surface area (Å²) < 4.78 is 49.2. The number of carbonyl (C=O) groups excluding carboxylic acids is 1. The molecule has 0 bridgehead atoms. The first-order valence-electron chi connectivity index (χ1n) is 8.84. The Labute approximate surface area is 163 Å². The minimum atomic E-state index is -3.04. The summed E-state index contributed by atoms with van der Waals surface area (Å²) in [6.45, 7) is -0.603. The van der Waals surface area contributed by atoms with Crippen LogP contribution in [0.25, 0.3) is 5.52 Å². The van der Waals surface area contributed by atoms with E-state index in [1.165, 1.54) is 18.5 Å². The van der Waals surface area contributed by atoms with Crippen LogP contribution in [0.1, 0.15) is 21.6 Å². The zero-order valence-corrected chi connectivity index (χ0v) is 15.2. The van der Waals surface area contributed by atoms with E-state index in [0.29, 0.717) is 5.56 Å². The summed E-state index contributed by atoms with van der Waals surface area (Å²) in [5.74, 6) is -1.32. The quantitative estimate of drug-likeness (QED) is 0.666. The molecule has 1 aliphatic rings. The van der Waals surface area contributed by atoms with E-state index < -0.39 is 24.4 Å². The van der Waals surface area contributed by atoms with Gasteiger partial charge in [0.05, 0.1) is 12.9 Å². The molecule has 0 saturated heterocycles. The van der Waals surface area contributed by atoms with Gasteiger partial charge in [-0.05, 0) is 35.9 Å². The van der Waals surface area contributed by atoms with Crippen LogP contribution in [0.5, 0.6) is 0 Å². The van der Waals surface area contributed by atoms with Gasteiger partial charge in [0.2, 0.25) is 0 Å². The number of hydrogen-bond acceptors (Lipinski definition) is 5. The number of fused-ring (bicyclic) bond motifs is 1. The number of carbonyl (C=O) groups is 1. The van der Waals surface area contributed by atoms with Gasteiger partial charge in [0.1, 0.15) is 24.0 Å². The summed E-state index contributed by atoms with van der Waals surface area (Å²) in [5, 5.41) is 0. The van der Waals surface area contributed by atoms with Crippen LogP contribution in [0.3, 0.4) is 0 Å². The zero-order chi connectivity index (χ0) is 20.6. The van der Waals surface area contributed by atoms with Gasteiger partial charge in [0.25, 0.3) is 6.43 Å². The van der Waals surface area contributed by atoms with Crippen LogP contribution in [0.2, 0.25) is 0 Å². The van der Waals surface area contributed by atoms with Gasteiger partial charge in [-0.1, -0.05) is 6.07 Å². The minimum absolute atomic E-state index is 0.0951. The van der Waals surface area contributed by atoms with Crippen molar-refractivity contribution < 1.29 is 22.7 Å². The minimum Gasteiger partial charge on any atom is -0.385 e. The molecule has 2 aromatic heterocycles. The fourth-order valence-electron chi connectivity index (χ4n) is 3.38. The van der Waals surface area contributed by atoms with Crippen molar-refractivity contribution in [2.24, 2.45) is 10.7 Å². The maximum atomic E-state index is 14.5. The largest absolute Gasteiger partial charge is 0.385 e. The molecule has 1 aliphatic heterocycles. The second-order valence-electron chi connectivity index (χ2n) is 6.85. The number of Topliss-reactive ketones (excluding diaryl/α,β-unsaturated/α-hetero) is 1. The molecule has 4 rings (SSSR count). The normalized spacial score (nSPS) is 19.5. The summed E-state index contributed by atoms with van der Waals surface area (Å²) in [6, 6.07) is 8.93. The van der Waals surface area contributed by atoms with E-state index in [2.05, 4.69) is 9.98 Å². The van der Waals surface area contributed by atoms with E-state index in [4.69, 9.17) is 10.5 Å². The second-order valence-corrected chi connectivity index (χ2v) is 6.85. The first kappa shape index (κ1) is 19.1. The number of benzene rings is 1. The molecule has 0 saturated carbocycles. The number of ketones is 1. The van der Waals surface area contributed by atoms with Crippen LogP contribution in [0, 0.1) is 5.82 Å². The molecule has 29 heavy (non-hydrogen) atoms. The third kappa shape index (κ3) is 3.49. The van der Waals surface area contributed by atoms with E-state index >= 15 is 0 Å². The van der Waals surface area contributed by atoms with Gasteiger partial charge in [-0.3, -0.25) is 9.79 Å². The van der Waals surface area contributed by atoms with Gasteiger partial charge in [-0.25, -0.2) is 18.2 Å². The first-order chi connectivity index (χ1) is 13.9. The lowest BCUT2D eigenvalue weighted by Crippen LogP contribution is -2.45. The summed E-state index contributed by atoms with van der Waals surface area (Å²) in [7, 11) is 0. The van der Waals surface area contributed by atoms with Crippen LogP contribution in [-0.2, 0) is 16.7 Å². The van der Waals surface area contributed by atoms with Crippen molar-refractivity contribution in [3.05, 3.63) is 71.6 Å². The molecule has 0 radical (unpaired) electrons. The summed E-state index contributed by atoms with van der Waals surface area (Å²) in [5.41, 5.74) is 4.37. The standard InChI is InChI=1S/C20H17F3N4O2/c21-15-4-3-12(6-14(15)20(19(22)23)10-29-9-18(24)26-20)7-17(28)16-8-13-2-1-5-27(13)11-25-16/h1-6,8,11,19H,7,9-10H2,(H2,24,26)/t20-/m0/s1. The maximum absolute atomic E-state index is 14.5. The lowest BCUT2D eigenvalue weighted by molar-refractivity contribution is -0.0146. The molecular weight excluding hydrogens is 385 g/mol. The molecule has 1 atom stereocenters. The molecule has 0 aliphatic carbocycles. The summed E-state index contributed by atoms with van der Waals surface area (Å²) >= 11 is 0. The molecule has 0 unspecified atom stereocenters. The smallest absolute Gasteiger partial charge is 0.269 e. The summed E-state index contributed by atoms with van der Waals surface area (Å²) in [4.78, 5) is 20.6. The van der Waals surface area contributed by atoms with Crippen LogP contribution >= 0.6 is 0 Å². The van der Waals surface area contributed by atoms with Crippen LogP contribution in [0.4, 0.5) is 13.2 Å². The Bertz CT molecular complexity index is 1110. The SMILES string of the molecule is NC1=N[C@@](c2cc(CC(=O)c3cc4cccn4cn3)ccc2F)(C(F)F)COC1. The molecule has 9 heteroatoms. The van der Waals surface area contributed by atoms with Crippen molar-refractivity contribution in [1.29, 1.82) is 0 Å². The highest BCUT2D eigenvalue weighted by molar-refractivity contribution is 5.96. The predicted octanol–water partition coefficient (Wildman–Crippen LogP) is 2.75. The number of alkyl halides is 2. The van der Waals surface area contributed by atoms with E-state index in [1.807, 2.05) is 12.1 Å². The number of halogens is 3. The fourth-order valence-corrected chi connectivity index (χ4v) is 3.38. The number of nitrogens with two attached hydrogens (primary N) is 1. The molecule has 2 N–H and O–H groups in total. The number of amidine groups is 1. The highest BCUT2D eigenvalue weighted by Crippen LogP contribution is 2.37. The number of ether oxygens (including phenoxy) is 1. The lowest BCUT2D eigenvalue weighted by atomic mass is 9.88. The maximum Gasteiger partial charge on any atom is 0.269 e. The number of hydrogen-bond donors (Lipinski definition) is 1. The topological polar surface area (TPSA) is 82.0 Å². The molecule has 0 fully saturated rings. The number of rotatable bonds is 5. The van der Waals surface area contributed by atoms with Gasteiger partial charge in [-0.2, -0.15) is 0 Å². The average Bonchev–Trinajstić information content (AvgIpc) is 3.17. The predicted molar refractivity (Wildman–Crippen MR) is 99.7 cm³/mol. The summed E-state index contributed by atoms with van der Waals surface area (Å²) in [6.07, 6.45) is 0.142. The van der Waals surface area contributed by atoms with Gasteiger partial charge < -0.3 is 14.9 Å². The van der Waals surface area contributed by atoms with Crippen molar-refractivity contribution in [3.63, 3.8) is 0 Å². The first-order valence-corrected chi connectivity index (χ1v) is 8.84. The van der Waals surface area contributed by atoms with Gasteiger partial charge in [0.15, 0.2) is 11.3 Å². The van der Waals surface area contributed by atoms with E-state index in [1.54, 1.807) is 16.7 Å². The van der Waals surface area contributed by atoms with Crippen molar-refractivity contribution in [2.75, 3.05) is 13.2 Å². The molecule has 0 spiro atoms. The third-order valence-corrected chi connectivity index (χ3v) is 4.84. The zero-order valence-electron chi connectivity index (χ0n) is 15.2. The van der Waals surface area contributed by atoms with E-state index in [-0.39, 0.29) is 35.9 Å². The van der Waals surface area contributed by atoms with Crippen molar-refractivity contribution in [2.45, 2.75) is 18.4 Å². The highest BCUT2D eigenvalue weighted by Gasteiger charge is 2.46. The van der Waals surface area contributed by atoms with E-state index in [9.17, 15) is 18.0 Å². The fraction of sp³-hybridized carbons (Fsp3) is 0.250. The molecule has 150 valence electrons. The molecule has 3 aromatic rings. The van der Waals surface area contributed by atoms with Crippen molar-refractivity contribution >= 4 is 17.1 Å². The molecule has 3 heterocycles. The van der Waals surface area contributed by atoms with Gasteiger partial charge in [-0.15, -0.1) is 0 Å². The number of aliphatic imine (C=N–C) groups is 1. The highest BCUT2D eigenvalue weighted by atomic mass is 19.3. The van der Waals surface area contributed by atoms with E-state index in [0.717, 1.165) is 11.6 Å². The van der Waals surface area contributed by atoms with Crippen molar-refractivity contribution in [1.82, 2.24) is 9.38 Å². The Balaban J connectivity index is 1.67. The van der Waals surface area contributed by atoms with Crippen molar-refractivity contribution in [3.8, 4) is 0 Å². The number of aromatic nitrogens is 2. The molecular formula is C20H17F3N4O2. The molecule has 6 nitrogen and oxygen atoms in total. The third-order valence-electron chi connectivity index (χ3n) is 4.84. The van der Waals surface area contributed by atoms with Gasteiger partial charge in [0, 0.05) is 23.7 Å². The van der Waals surface area contributed by atoms with Crippen LogP contribution in [0.15, 0.2) is 53.9 Å². The Morgan fingerprint density at radius 1 is 1.31 bits per heavy atom. The Kier molecular flexibility index (Phi) is 4.83. The molecule has 0 amide bonds. The molecule has 1 aromatic carbocycles. The Morgan fingerprint density at radius 3 is 2.90 bits per heavy atom. The van der Waals surface area contributed by atoms with Gasteiger partial charge >= 0.3 is 0 Å². The second kappa shape index (κ2) is 7.32. The Morgan fingerprint density at radius 2 is 2.14 bits per heavy atom. The number of nitrogens with zero attached hydrogens (tertiary/aromatic N) is 3. The average molecular weight is 402 g/mol. The lowest BCUT2D eigenvalue weighted by Gasteiger charge is -2.33. The Hall–Kier alpha value is -3.20. The van der Waals surface area contributed by atoms with Crippen LogP contribution < -0.4 is 5.73 Å². The monoisotopic (exact) mass is 402 g/mol. The van der Waals surface area contributed by atoms with Crippen LogP contribution in [-0.4, -0.2) is 40.6 Å².